The highest BCUT2D eigenvalue weighted by molar-refractivity contribution is 5.86. The van der Waals surface area contributed by atoms with Crippen LogP contribution in [0.25, 0.3) is 6.08 Å². The van der Waals surface area contributed by atoms with Crippen molar-refractivity contribution in [3.8, 4) is 5.75 Å². The molecule has 5 heteroatoms. The first kappa shape index (κ1) is 11.8. The van der Waals surface area contributed by atoms with E-state index in [-0.39, 0.29) is 6.47 Å². The molecule has 0 aliphatic heterocycles. The molecule has 0 saturated heterocycles. The Morgan fingerprint density at radius 3 is 2.50 bits per heavy atom. The van der Waals surface area contributed by atoms with Gasteiger partial charge in [0.2, 0.25) is 0 Å². The average molecular weight is 222 g/mol. The monoisotopic (exact) mass is 222 g/mol. The second-order valence-corrected chi connectivity index (χ2v) is 2.70. The van der Waals surface area contributed by atoms with Crippen molar-refractivity contribution in [3.05, 3.63) is 35.9 Å². The van der Waals surface area contributed by atoms with E-state index in [1.165, 1.54) is 6.08 Å². The van der Waals surface area contributed by atoms with Gasteiger partial charge in [0.05, 0.1) is 7.11 Å². The lowest BCUT2D eigenvalue weighted by molar-refractivity contribution is -0.243. The largest absolute Gasteiger partial charge is 0.497 e. The van der Waals surface area contributed by atoms with Gasteiger partial charge in [-0.1, -0.05) is 12.1 Å². The Morgan fingerprint density at radius 2 is 1.94 bits per heavy atom. The Kier molecular flexibility index (Phi) is 4.59. The normalized spacial score (nSPS) is 9.81. The van der Waals surface area contributed by atoms with Crippen LogP contribution in [0.5, 0.6) is 5.75 Å². The van der Waals surface area contributed by atoms with E-state index in [9.17, 15) is 9.59 Å². The summed E-state index contributed by atoms with van der Waals surface area (Å²) in [4.78, 5) is 28.5. The Balaban J connectivity index is 2.55. The first-order valence-electron chi connectivity index (χ1n) is 4.39. The van der Waals surface area contributed by atoms with Crippen LogP contribution >= 0.6 is 0 Å². The fraction of sp³-hybridized carbons (Fsp3) is 0.0909. The fourth-order valence-electron chi connectivity index (χ4n) is 0.974. The summed E-state index contributed by atoms with van der Waals surface area (Å²) in [5.41, 5.74) is 0.795. The number of rotatable bonds is 5. The smallest absolute Gasteiger partial charge is 0.379 e. The summed E-state index contributed by atoms with van der Waals surface area (Å²) in [6.45, 7) is 0.0269. The maximum absolute atomic E-state index is 10.9. The van der Waals surface area contributed by atoms with E-state index < -0.39 is 5.97 Å². The van der Waals surface area contributed by atoms with E-state index in [1.54, 1.807) is 31.4 Å². The molecule has 0 unspecified atom stereocenters. The van der Waals surface area contributed by atoms with E-state index >= 15 is 0 Å². The van der Waals surface area contributed by atoms with Gasteiger partial charge in [-0.2, -0.15) is 0 Å². The summed E-state index contributed by atoms with van der Waals surface area (Å²) in [5.74, 6) is -0.0352. The van der Waals surface area contributed by atoms with Crippen LogP contribution in [0, 0.1) is 0 Å². The van der Waals surface area contributed by atoms with Crippen molar-refractivity contribution in [1.82, 2.24) is 0 Å². The number of carbonyl (C=O) groups excluding carboxylic acids is 2. The van der Waals surface area contributed by atoms with Crippen LogP contribution in [0.4, 0.5) is 0 Å². The maximum Gasteiger partial charge on any atom is 0.379 e. The molecule has 1 rings (SSSR count). The Hall–Kier alpha value is -2.30. The van der Waals surface area contributed by atoms with Gasteiger partial charge in [0.25, 0.3) is 0 Å². The topological polar surface area (TPSA) is 61.8 Å². The van der Waals surface area contributed by atoms with Crippen LogP contribution < -0.4 is 4.74 Å². The quantitative estimate of drug-likeness (QED) is 0.325. The predicted molar refractivity (Wildman–Crippen MR) is 55.3 cm³/mol. The lowest BCUT2D eigenvalue weighted by atomic mass is 10.2. The number of ether oxygens (including phenoxy) is 1. The molecule has 0 spiro atoms. The zero-order chi connectivity index (χ0) is 11.8. The molecule has 0 aliphatic carbocycles. The molecule has 0 fully saturated rings. The molecular weight excluding hydrogens is 212 g/mol. The summed E-state index contributed by atoms with van der Waals surface area (Å²) < 4.78 is 4.97. The summed E-state index contributed by atoms with van der Waals surface area (Å²) >= 11 is 0. The molecule has 0 N–H and O–H groups in total. The third-order valence-corrected chi connectivity index (χ3v) is 1.70. The molecule has 0 saturated carbocycles. The van der Waals surface area contributed by atoms with Crippen molar-refractivity contribution >= 4 is 18.5 Å². The van der Waals surface area contributed by atoms with Crippen molar-refractivity contribution in [2.45, 2.75) is 0 Å². The first-order valence-corrected chi connectivity index (χ1v) is 4.39. The summed E-state index contributed by atoms with van der Waals surface area (Å²) in [6.07, 6.45) is 2.67. The van der Waals surface area contributed by atoms with Gasteiger partial charge in [-0.25, -0.2) is 9.68 Å². The minimum Gasteiger partial charge on any atom is -0.497 e. The Bertz CT molecular complexity index is 380. The molecular formula is C11H10O5. The summed E-state index contributed by atoms with van der Waals surface area (Å²) in [7, 11) is 1.57. The molecule has 0 bridgehead atoms. The maximum atomic E-state index is 10.9. The Morgan fingerprint density at radius 1 is 1.25 bits per heavy atom. The molecule has 1 aromatic carbocycles. The fourth-order valence-corrected chi connectivity index (χ4v) is 0.974. The molecule has 0 aromatic heterocycles. The minimum absolute atomic E-state index is 0.0269. The molecule has 16 heavy (non-hydrogen) atoms. The molecule has 1 aromatic rings. The van der Waals surface area contributed by atoms with Gasteiger partial charge in [-0.3, -0.25) is 9.68 Å². The van der Waals surface area contributed by atoms with Gasteiger partial charge in [-0.15, -0.1) is 0 Å². The summed E-state index contributed by atoms with van der Waals surface area (Å²) in [5, 5.41) is 0. The van der Waals surface area contributed by atoms with Gasteiger partial charge < -0.3 is 4.74 Å². The zero-order valence-electron chi connectivity index (χ0n) is 8.58. The van der Waals surface area contributed by atoms with Crippen molar-refractivity contribution in [2.24, 2.45) is 0 Å². The van der Waals surface area contributed by atoms with Crippen LogP contribution in [0.1, 0.15) is 5.56 Å². The number of hydrogen-bond donors (Lipinski definition) is 0. The molecule has 0 aliphatic rings. The number of hydrogen-bond acceptors (Lipinski definition) is 5. The molecule has 0 heterocycles. The van der Waals surface area contributed by atoms with E-state index in [2.05, 4.69) is 9.78 Å². The van der Waals surface area contributed by atoms with Crippen LogP contribution in [0.15, 0.2) is 30.3 Å². The molecule has 84 valence electrons. The third-order valence-electron chi connectivity index (χ3n) is 1.70. The van der Waals surface area contributed by atoms with Crippen molar-refractivity contribution in [3.63, 3.8) is 0 Å². The van der Waals surface area contributed by atoms with Crippen LogP contribution in [-0.4, -0.2) is 19.6 Å². The van der Waals surface area contributed by atoms with E-state index in [4.69, 9.17) is 4.74 Å². The number of benzene rings is 1. The number of methoxy groups -OCH3 is 1. The molecule has 0 radical (unpaired) electrons. The van der Waals surface area contributed by atoms with Crippen LogP contribution in [-0.2, 0) is 19.4 Å². The SMILES string of the molecule is COc1ccc(C=CC(=O)OOC=O)cc1. The number of carbonyl (C=O) groups is 2. The van der Waals surface area contributed by atoms with E-state index in [0.717, 1.165) is 17.4 Å². The van der Waals surface area contributed by atoms with Gasteiger partial charge in [0.1, 0.15) is 5.75 Å². The van der Waals surface area contributed by atoms with Crippen molar-refractivity contribution in [2.75, 3.05) is 7.11 Å². The Labute approximate surface area is 92.2 Å². The molecule has 5 nitrogen and oxygen atoms in total. The van der Waals surface area contributed by atoms with Crippen LogP contribution in [0.3, 0.4) is 0 Å². The highest BCUT2D eigenvalue weighted by Crippen LogP contribution is 2.12. The van der Waals surface area contributed by atoms with E-state index in [0.29, 0.717) is 0 Å². The van der Waals surface area contributed by atoms with Crippen molar-refractivity contribution in [1.29, 1.82) is 0 Å². The van der Waals surface area contributed by atoms with Gasteiger partial charge in [0.15, 0.2) is 0 Å². The average Bonchev–Trinajstić information content (AvgIpc) is 2.34. The molecule has 0 atom stereocenters. The van der Waals surface area contributed by atoms with Crippen LogP contribution in [0.2, 0.25) is 0 Å². The lowest BCUT2D eigenvalue weighted by Crippen LogP contribution is -1.99. The minimum atomic E-state index is -0.761. The summed E-state index contributed by atoms with van der Waals surface area (Å²) in [6, 6.07) is 7.05. The van der Waals surface area contributed by atoms with Crippen molar-refractivity contribution < 1.29 is 24.1 Å². The van der Waals surface area contributed by atoms with E-state index in [1.807, 2.05) is 0 Å². The van der Waals surface area contributed by atoms with Gasteiger partial charge in [-0.05, 0) is 23.8 Å². The highest BCUT2D eigenvalue weighted by Gasteiger charge is 1.97. The highest BCUT2D eigenvalue weighted by atomic mass is 17.2. The second kappa shape index (κ2) is 6.23. The second-order valence-electron chi connectivity index (χ2n) is 2.70. The first-order chi connectivity index (χ1) is 7.76. The lowest BCUT2D eigenvalue weighted by Gasteiger charge is -1.98. The van der Waals surface area contributed by atoms with Gasteiger partial charge >= 0.3 is 12.4 Å². The zero-order valence-corrected chi connectivity index (χ0v) is 8.58. The third kappa shape index (κ3) is 3.83. The van der Waals surface area contributed by atoms with Gasteiger partial charge in [0, 0.05) is 6.08 Å². The predicted octanol–water partition coefficient (Wildman–Crippen LogP) is 1.34. The standard InChI is InChI=1S/C11H10O5/c1-14-10-5-2-9(3-6-10)4-7-11(13)16-15-8-12/h2-8H,1H3. The molecule has 0 amide bonds.